The fraction of sp³-hybridized carbons (Fsp3) is 0.0625. The predicted molar refractivity (Wildman–Crippen MR) is 79.7 cm³/mol. The van der Waals surface area contributed by atoms with Crippen molar-refractivity contribution in [3.63, 3.8) is 0 Å². The van der Waals surface area contributed by atoms with Crippen molar-refractivity contribution in [2.45, 2.75) is 6.92 Å². The van der Waals surface area contributed by atoms with E-state index in [9.17, 15) is 0 Å². The normalized spacial score (nSPS) is 10.6. The van der Waals surface area contributed by atoms with Crippen molar-refractivity contribution in [2.24, 2.45) is 5.84 Å². The highest BCUT2D eigenvalue weighted by Crippen LogP contribution is 2.31. The fourth-order valence-corrected chi connectivity index (χ4v) is 2.35. The number of aryl methyl sites for hydroxylation is 1. The van der Waals surface area contributed by atoms with E-state index in [0.29, 0.717) is 0 Å². The van der Waals surface area contributed by atoms with Gasteiger partial charge in [-0.05, 0) is 18.6 Å². The molecule has 3 aromatic rings. The van der Waals surface area contributed by atoms with E-state index in [0.717, 1.165) is 33.4 Å². The van der Waals surface area contributed by atoms with E-state index in [1.165, 1.54) is 0 Å². The number of fused-ring (bicyclic) bond motifs is 1. The molecule has 0 amide bonds. The van der Waals surface area contributed by atoms with Gasteiger partial charge >= 0.3 is 0 Å². The van der Waals surface area contributed by atoms with Crippen molar-refractivity contribution >= 4 is 16.6 Å². The lowest BCUT2D eigenvalue weighted by molar-refractivity contribution is 1.24. The molecule has 0 saturated carbocycles. The fourth-order valence-electron chi connectivity index (χ4n) is 2.35. The first kappa shape index (κ1) is 11.7. The molecule has 0 saturated heterocycles. The summed E-state index contributed by atoms with van der Waals surface area (Å²) in [7, 11) is 0. The lowest BCUT2D eigenvalue weighted by atomic mass is 10.0. The molecule has 0 atom stereocenters. The number of para-hydroxylation sites is 1. The molecule has 3 rings (SSSR count). The van der Waals surface area contributed by atoms with Crippen LogP contribution in [0.2, 0.25) is 0 Å². The summed E-state index contributed by atoms with van der Waals surface area (Å²) in [5, 5.41) is 1.04. The topological polar surface area (TPSA) is 50.9 Å². The Morgan fingerprint density at radius 1 is 1.00 bits per heavy atom. The average Bonchev–Trinajstić information content (AvgIpc) is 2.46. The van der Waals surface area contributed by atoms with E-state index in [1.54, 1.807) is 0 Å². The summed E-state index contributed by atoms with van der Waals surface area (Å²) in [6, 6.07) is 18.4. The number of rotatable bonds is 2. The van der Waals surface area contributed by atoms with Gasteiger partial charge in [-0.15, -0.1) is 0 Å². The highest BCUT2D eigenvalue weighted by Gasteiger charge is 2.08. The van der Waals surface area contributed by atoms with Gasteiger partial charge in [0.05, 0.1) is 11.2 Å². The molecule has 3 nitrogen and oxygen atoms in total. The Bertz CT molecular complexity index is 721. The summed E-state index contributed by atoms with van der Waals surface area (Å²) in [6.07, 6.45) is 0. The molecule has 0 aliphatic heterocycles. The minimum Gasteiger partial charge on any atom is -0.323 e. The average molecular weight is 249 g/mol. The van der Waals surface area contributed by atoms with Crippen LogP contribution < -0.4 is 11.3 Å². The van der Waals surface area contributed by atoms with Crippen molar-refractivity contribution < 1.29 is 0 Å². The number of hydrazine groups is 1. The van der Waals surface area contributed by atoms with Gasteiger partial charge in [0, 0.05) is 16.6 Å². The van der Waals surface area contributed by atoms with Crippen molar-refractivity contribution in [2.75, 3.05) is 5.43 Å². The zero-order chi connectivity index (χ0) is 13.2. The maximum Gasteiger partial charge on any atom is 0.0804 e. The van der Waals surface area contributed by atoms with E-state index >= 15 is 0 Å². The first-order valence-electron chi connectivity index (χ1n) is 6.22. The molecule has 2 aromatic carbocycles. The number of nitrogens with two attached hydrogens (primary N) is 1. The van der Waals surface area contributed by atoms with Gasteiger partial charge in [0.25, 0.3) is 0 Å². The Hall–Kier alpha value is -2.39. The van der Waals surface area contributed by atoms with Gasteiger partial charge in [-0.2, -0.15) is 0 Å². The number of pyridine rings is 1. The molecular weight excluding hydrogens is 234 g/mol. The maximum absolute atomic E-state index is 5.60. The number of benzene rings is 2. The van der Waals surface area contributed by atoms with Crippen molar-refractivity contribution in [1.82, 2.24) is 4.98 Å². The van der Waals surface area contributed by atoms with Crippen LogP contribution in [0.1, 0.15) is 5.69 Å². The van der Waals surface area contributed by atoms with Crippen LogP contribution in [0.5, 0.6) is 0 Å². The van der Waals surface area contributed by atoms with Crippen LogP contribution >= 0.6 is 0 Å². The first-order valence-corrected chi connectivity index (χ1v) is 6.22. The van der Waals surface area contributed by atoms with Crippen LogP contribution in [0.4, 0.5) is 5.69 Å². The molecule has 0 spiro atoms. The number of nitrogens with zero attached hydrogens (tertiary/aromatic N) is 1. The molecule has 1 heterocycles. The van der Waals surface area contributed by atoms with Gasteiger partial charge in [0.15, 0.2) is 0 Å². The minimum absolute atomic E-state index is 0.903. The van der Waals surface area contributed by atoms with Crippen LogP contribution in [-0.4, -0.2) is 4.98 Å². The van der Waals surface area contributed by atoms with E-state index in [4.69, 9.17) is 5.84 Å². The molecule has 0 radical (unpaired) electrons. The van der Waals surface area contributed by atoms with E-state index < -0.39 is 0 Å². The lowest BCUT2D eigenvalue weighted by Gasteiger charge is -2.11. The Morgan fingerprint density at radius 2 is 1.79 bits per heavy atom. The van der Waals surface area contributed by atoms with Crippen LogP contribution in [0.25, 0.3) is 22.0 Å². The SMILES string of the molecule is Cc1cc(NN)c2cccc(-c3ccccc3)c2n1. The molecule has 3 N–H and O–H groups in total. The smallest absolute Gasteiger partial charge is 0.0804 e. The van der Waals surface area contributed by atoms with Crippen molar-refractivity contribution in [3.05, 3.63) is 60.3 Å². The molecule has 0 fully saturated rings. The Labute approximate surface area is 112 Å². The molecule has 0 aliphatic rings. The number of aromatic nitrogens is 1. The molecule has 0 unspecified atom stereocenters. The van der Waals surface area contributed by atoms with Crippen LogP contribution in [0.3, 0.4) is 0 Å². The van der Waals surface area contributed by atoms with Crippen LogP contribution in [-0.2, 0) is 0 Å². The molecule has 1 aromatic heterocycles. The van der Waals surface area contributed by atoms with E-state index in [1.807, 2.05) is 43.3 Å². The lowest BCUT2D eigenvalue weighted by Crippen LogP contribution is -2.08. The third-order valence-corrected chi connectivity index (χ3v) is 3.21. The largest absolute Gasteiger partial charge is 0.323 e. The number of nitrogens with one attached hydrogen (secondary N) is 1. The summed E-state index contributed by atoms with van der Waals surface area (Å²) < 4.78 is 0. The number of anilines is 1. The second-order valence-corrected chi connectivity index (χ2v) is 4.52. The third kappa shape index (κ3) is 2.04. The standard InChI is InChI=1S/C16H15N3/c1-11-10-15(19-17)14-9-5-8-13(16(14)18-11)12-6-3-2-4-7-12/h2-10H,17H2,1H3,(H,18,19). The Morgan fingerprint density at radius 3 is 2.53 bits per heavy atom. The van der Waals surface area contributed by atoms with Gasteiger partial charge < -0.3 is 5.43 Å². The number of hydrogen-bond acceptors (Lipinski definition) is 3. The van der Waals surface area contributed by atoms with E-state index in [-0.39, 0.29) is 0 Å². The summed E-state index contributed by atoms with van der Waals surface area (Å²) in [5.74, 6) is 5.60. The van der Waals surface area contributed by atoms with Crippen molar-refractivity contribution in [3.8, 4) is 11.1 Å². The molecule has 3 heteroatoms. The maximum atomic E-state index is 5.60. The van der Waals surface area contributed by atoms with Gasteiger partial charge in [0.1, 0.15) is 0 Å². The zero-order valence-electron chi connectivity index (χ0n) is 10.7. The summed E-state index contributed by atoms with van der Waals surface area (Å²) in [6.45, 7) is 1.97. The van der Waals surface area contributed by atoms with Gasteiger partial charge in [-0.3, -0.25) is 10.8 Å². The first-order chi connectivity index (χ1) is 9.29. The van der Waals surface area contributed by atoms with Gasteiger partial charge in [0.2, 0.25) is 0 Å². The molecule has 0 aliphatic carbocycles. The minimum atomic E-state index is 0.903. The van der Waals surface area contributed by atoms with Crippen LogP contribution in [0, 0.1) is 6.92 Å². The number of hydrogen-bond donors (Lipinski definition) is 2. The molecule has 94 valence electrons. The van der Waals surface area contributed by atoms with Crippen LogP contribution in [0.15, 0.2) is 54.6 Å². The Balaban J connectivity index is 2.35. The second-order valence-electron chi connectivity index (χ2n) is 4.52. The molecular formula is C16H15N3. The highest BCUT2D eigenvalue weighted by atomic mass is 15.2. The second kappa shape index (κ2) is 4.71. The molecule has 19 heavy (non-hydrogen) atoms. The summed E-state index contributed by atoms with van der Waals surface area (Å²) in [5.41, 5.74) is 7.86. The highest BCUT2D eigenvalue weighted by molar-refractivity contribution is 6.00. The molecule has 0 bridgehead atoms. The number of nitrogen functional groups attached to an aromatic ring is 1. The Kier molecular flexibility index (Phi) is 2.89. The predicted octanol–water partition coefficient (Wildman–Crippen LogP) is 3.50. The van der Waals surface area contributed by atoms with Gasteiger partial charge in [-0.1, -0.05) is 48.5 Å². The summed E-state index contributed by atoms with van der Waals surface area (Å²) in [4.78, 5) is 4.67. The zero-order valence-corrected chi connectivity index (χ0v) is 10.7. The monoisotopic (exact) mass is 249 g/mol. The van der Waals surface area contributed by atoms with E-state index in [2.05, 4.69) is 28.6 Å². The quantitative estimate of drug-likeness (QED) is 0.540. The third-order valence-electron chi connectivity index (χ3n) is 3.21. The summed E-state index contributed by atoms with van der Waals surface area (Å²) >= 11 is 0. The van der Waals surface area contributed by atoms with Gasteiger partial charge in [-0.25, -0.2) is 0 Å². The van der Waals surface area contributed by atoms with Crippen molar-refractivity contribution in [1.29, 1.82) is 0 Å².